The Morgan fingerprint density at radius 3 is 2.71 bits per heavy atom. The number of amides is 1. The van der Waals surface area contributed by atoms with E-state index in [1.807, 2.05) is 18.2 Å². The van der Waals surface area contributed by atoms with Gasteiger partial charge in [0, 0.05) is 23.3 Å². The van der Waals surface area contributed by atoms with E-state index in [1.165, 1.54) is 6.07 Å². The predicted octanol–water partition coefficient (Wildman–Crippen LogP) is 4.33. The number of carbonyl (C=O) groups is 1. The summed E-state index contributed by atoms with van der Waals surface area (Å²) in [6, 6.07) is 9.97. The first-order chi connectivity index (χ1) is 9.97. The van der Waals surface area contributed by atoms with Gasteiger partial charge < -0.3 is 4.90 Å². The zero-order chi connectivity index (χ0) is 15.1. The summed E-state index contributed by atoms with van der Waals surface area (Å²) in [7, 11) is 1.74. The van der Waals surface area contributed by atoms with Crippen LogP contribution in [0, 0.1) is 5.82 Å². The standard InChI is InChI=1S/C16H12Cl2FNO/c1-20-14-5-2-9(6-10(14)7-15(20)21)16(18)12-4-3-11(17)8-13(12)19/h2-6,8,16H,7H2,1H3. The molecule has 1 unspecified atom stereocenters. The maximum absolute atomic E-state index is 14.0. The third-order valence-electron chi connectivity index (χ3n) is 3.71. The SMILES string of the molecule is CN1C(=O)Cc2cc(C(Cl)c3ccc(Cl)cc3F)ccc21. The number of carbonyl (C=O) groups excluding carboxylic acids is 1. The molecule has 2 nitrogen and oxygen atoms in total. The normalized spacial score (nSPS) is 15.2. The van der Waals surface area contributed by atoms with Crippen molar-refractivity contribution in [3.8, 4) is 0 Å². The number of hydrogen-bond donors (Lipinski definition) is 0. The van der Waals surface area contributed by atoms with E-state index < -0.39 is 11.2 Å². The Labute approximate surface area is 132 Å². The zero-order valence-electron chi connectivity index (χ0n) is 11.2. The van der Waals surface area contributed by atoms with Gasteiger partial charge in [-0.05, 0) is 29.3 Å². The Bertz CT molecular complexity index is 732. The molecule has 0 N–H and O–H groups in total. The Kier molecular flexibility index (Phi) is 3.64. The molecule has 0 spiro atoms. The van der Waals surface area contributed by atoms with Crippen molar-refractivity contribution in [1.29, 1.82) is 0 Å². The van der Waals surface area contributed by atoms with Gasteiger partial charge in [-0.1, -0.05) is 29.8 Å². The van der Waals surface area contributed by atoms with E-state index in [-0.39, 0.29) is 5.91 Å². The molecular formula is C16H12Cl2FNO. The fourth-order valence-electron chi connectivity index (χ4n) is 2.53. The zero-order valence-corrected chi connectivity index (χ0v) is 12.7. The Morgan fingerprint density at radius 1 is 1.24 bits per heavy atom. The Hall–Kier alpha value is -1.58. The number of nitrogens with zero attached hydrogens (tertiary/aromatic N) is 1. The lowest BCUT2D eigenvalue weighted by atomic mass is 10.0. The highest BCUT2D eigenvalue weighted by Crippen LogP contribution is 2.36. The Morgan fingerprint density at radius 2 is 2.00 bits per heavy atom. The number of likely N-dealkylation sites (N-methyl/N-ethyl adjacent to an activating group) is 1. The lowest BCUT2D eigenvalue weighted by Crippen LogP contribution is -2.20. The van der Waals surface area contributed by atoms with Crippen LogP contribution in [0.25, 0.3) is 0 Å². The molecule has 1 aliphatic heterocycles. The first-order valence-corrected chi connectivity index (χ1v) is 7.27. The summed E-state index contributed by atoms with van der Waals surface area (Å²) in [5.74, 6) is -0.387. The van der Waals surface area contributed by atoms with Crippen molar-refractivity contribution in [2.45, 2.75) is 11.8 Å². The van der Waals surface area contributed by atoms with Gasteiger partial charge >= 0.3 is 0 Å². The molecule has 5 heteroatoms. The van der Waals surface area contributed by atoms with E-state index in [4.69, 9.17) is 23.2 Å². The second-order valence-electron chi connectivity index (χ2n) is 5.05. The summed E-state index contributed by atoms with van der Waals surface area (Å²) in [5.41, 5.74) is 2.93. The second-order valence-corrected chi connectivity index (χ2v) is 5.92. The van der Waals surface area contributed by atoms with Crippen molar-refractivity contribution in [2.75, 3.05) is 11.9 Å². The van der Waals surface area contributed by atoms with Gasteiger partial charge in [-0.2, -0.15) is 0 Å². The van der Waals surface area contributed by atoms with Crippen molar-refractivity contribution in [1.82, 2.24) is 0 Å². The third kappa shape index (κ3) is 2.52. The lowest BCUT2D eigenvalue weighted by Gasteiger charge is -2.14. The van der Waals surface area contributed by atoms with Crippen molar-refractivity contribution < 1.29 is 9.18 Å². The molecule has 0 aromatic heterocycles. The van der Waals surface area contributed by atoms with E-state index in [1.54, 1.807) is 24.1 Å². The van der Waals surface area contributed by atoms with Gasteiger partial charge in [-0.15, -0.1) is 11.6 Å². The topological polar surface area (TPSA) is 20.3 Å². The average Bonchev–Trinajstić information content (AvgIpc) is 2.73. The molecule has 0 aliphatic carbocycles. The van der Waals surface area contributed by atoms with Crippen LogP contribution in [0.5, 0.6) is 0 Å². The van der Waals surface area contributed by atoms with Gasteiger partial charge in [0.1, 0.15) is 5.82 Å². The number of fused-ring (bicyclic) bond motifs is 1. The summed E-state index contributed by atoms with van der Waals surface area (Å²) < 4.78 is 14.0. The molecule has 2 aromatic rings. The summed E-state index contributed by atoms with van der Waals surface area (Å²) in [5, 5.41) is -0.283. The van der Waals surface area contributed by atoms with E-state index in [0.29, 0.717) is 17.0 Å². The Balaban J connectivity index is 1.98. The molecule has 3 rings (SSSR count). The van der Waals surface area contributed by atoms with Crippen molar-refractivity contribution in [2.24, 2.45) is 0 Å². The molecule has 1 amide bonds. The summed E-state index contributed by atoms with van der Waals surface area (Å²) in [6.07, 6.45) is 0.354. The molecular weight excluding hydrogens is 312 g/mol. The molecule has 0 saturated carbocycles. The molecule has 1 atom stereocenters. The first kappa shape index (κ1) is 14.4. The van der Waals surface area contributed by atoms with Crippen LogP contribution in [0.4, 0.5) is 10.1 Å². The van der Waals surface area contributed by atoms with E-state index >= 15 is 0 Å². The van der Waals surface area contributed by atoms with Crippen LogP contribution >= 0.6 is 23.2 Å². The summed E-state index contributed by atoms with van der Waals surface area (Å²) in [6.45, 7) is 0. The summed E-state index contributed by atoms with van der Waals surface area (Å²) in [4.78, 5) is 13.3. The van der Waals surface area contributed by atoms with E-state index in [0.717, 1.165) is 16.8 Å². The van der Waals surface area contributed by atoms with Crippen LogP contribution < -0.4 is 4.90 Å². The van der Waals surface area contributed by atoms with Crippen LogP contribution in [-0.4, -0.2) is 13.0 Å². The molecule has 1 aliphatic rings. The van der Waals surface area contributed by atoms with Crippen molar-refractivity contribution in [3.63, 3.8) is 0 Å². The van der Waals surface area contributed by atoms with Crippen LogP contribution in [0.3, 0.4) is 0 Å². The average molecular weight is 324 g/mol. The molecule has 108 valence electrons. The minimum Gasteiger partial charge on any atom is -0.315 e. The lowest BCUT2D eigenvalue weighted by molar-refractivity contribution is -0.117. The van der Waals surface area contributed by atoms with Crippen LogP contribution in [0.2, 0.25) is 5.02 Å². The number of rotatable bonds is 2. The fourth-order valence-corrected chi connectivity index (χ4v) is 3.01. The molecule has 0 fully saturated rings. The molecule has 0 saturated heterocycles. The minimum atomic E-state index is -0.617. The van der Waals surface area contributed by atoms with Crippen LogP contribution in [-0.2, 0) is 11.2 Å². The maximum atomic E-state index is 14.0. The smallest absolute Gasteiger partial charge is 0.231 e. The van der Waals surface area contributed by atoms with Crippen molar-refractivity contribution in [3.05, 3.63) is 63.9 Å². The number of benzene rings is 2. The fraction of sp³-hybridized carbons (Fsp3) is 0.188. The van der Waals surface area contributed by atoms with Crippen LogP contribution in [0.1, 0.15) is 22.1 Å². The van der Waals surface area contributed by atoms with E-state index in [2.05, 4.69) is 0 Å². The van der Waals surface area contributed by atoms with E-state index in [9.17, 15) is 9.18 Å². The quantitative estimate of drug-likeness (QED) is 0.753. The highest BCUT2D eigenvalue weighted by molar-refractivity contribution is 6.30. The van der Waals surface area contributed by atoms with Gasteiger partial charge in [0.2, 0.25) is 5.91 Å². The summed E-state index contributed by atoms with van der Waals surface area (Å²) >= 11 is 12.1. The largest absolute Gasteiger partial charge is 0.315 e. The van der Waals surface area contributed by atoms with Gasteiger partial charge in [0.05, 0.1) is 11.8 Å². The van der Waals surface area contributed by atoms with Crippen molar-refractivity contribution >= 4 is 34.8 Å². The number of hydrogen-bond acceptors (Lipinski definition) is 1. The molecule has 0 bridgehead atoms. The molecule has 0 radical (unpaired) electrons. The highest BCUT2D eigenvalue weighted by Gasteiger charge is 2.25. The molecule has 21 heavy (non-hydrogen) atoms. The second kappa shape index (κ2) is 5.32. The van der Waals surface area contributed by atoms with Gasteiger partial charge in [0.25, 0.3) is 0 Å². The minimum absolute atomic E-state index is 0.0472. The van der Waals surface area contributed by atoms with Gasteiger partial charge in [-0.3, -0.25) is 4.79 Å². The first-order valence-electron chi connectivity index (χ1n) is 6.46. The number of halogens is 3. The number of anilines is 1. The van der Waals surface area contributed by atoms with Crippen LogP contribution in [0.15, 0.2) is 36.4 Å². The maximum Gasteiger partial charge on any atom is 0.231 e. The van der Waals surface area contributed by atoms with Gasteiger partial charge in [-0.25, -0.2) is 4.39 Å². The highest BCUT2D eigenvalue weighted by atomic mass is 35.5. The molecule has 2 aromatic carbocycles. The number of alkyl halides is 1. The molecule has 1 heterocycles. The third-order valence-corrected chi connectivity index (χ3v) is 4.43. The predicted molar refractivity (Wildman–Crippen MR) is 82.7 cm³/mol. The monoisotopic (exact) mass is 323 g/mol. The van der Waals surface area contributed by atoms with Gasteiger partial charge in [0.15, 0.2) is 0 Å².